The Balaban J connectivity index is 1.64. The van der Waals surface area contributed by atoms with Crippen molar-refractivity contribution in [3.63, 3.8) is 0 Å². The third-order valence-corrected chi connectivity index (χ3v) is 5.91. The topological polar surface area (TPSA) is 70.8 Å². The van der Waals surface area contributed by atoms with Crippen molar-refractivity contribution >= 4 is 22.0 Å². The standard InChI is InChI=1S/C17H16F2N2O4S/c18-15-5-4-14(12-16(15)19)26(23,24)21-9-7-20(8-10-21)17(22)6-3-13-2-1-11-25-13/h1-6,11-12H,7-10H2. The highest BCUT2D eigenvalue weighted by Crippen LogP contribution is 2.20. The van der Waals surface area contributed by atoms with Crippen molar-refractivity contribution in [1.82, 2.24) is 9.21 Å². The lowest BCUT2D eigenvalue weighted by atomic mass is 10.3. The number of furan rings is 1. The van der Waals surface area contributed by atoms with Gasteiger partial charge in [0.2, 0.25) is 15.9 Å². The van der Waals surface area contributed by atoms with Gasteiger partial charge in [0.1, 0.15) is 5.76 Å². The van der Waals surface area contributed by atoms with Crippen LogP contribution < -0.4 is 0 Å². The first-order valence-electron chi connectivity index (χ1n) is 7.83. The molecule has 1 aromatic carbocycles. The van der Waals surface area contributed by atoms with Crippen LogP contribution >= 0.6 is 0 Å². The van der Waals surface area contributed by atoms with Crippen LogP contribution in [0.25, 0.3) is 6.08 Å². The molecule has 138 valence electrons. The molecule has 0 atom stereocenters. The van der Waals surface area contributed by atoms with Crippen molar-refractivity contribution in [1.29, 1.82) is 0 Å². The molecule has 0 unspecified atom stereocenters. The van der Waals surface area contributed by atoms with E-state index < -0.39 is 21.7 Å². The van der Waals surface area contributed by atoms with Gasteiger partial charge in [-0.2, -0.15) is 4.31 Å². The monoisotopic (exact) mass is 382 g/mol. The Morgan fingerprint density at radius 1 is 1.08 bits per heavy atom. The van der Waals surface area contributed by atoms with E-state index in [1.165, 1.54) is 23.3 Å². The summed E-state index contributed by atoms with van der Waals surface area (Å²) in [5.74, 6) is -2.05. The molecular formula is C17H16F2N2O4S. The van der Waals surface area contributed by atoms with Gasteiger partial charge in [0, 0.05) is 32.3 Å². The molecule has 3 rings (SSSR count). The lowest BCUT2D eigenvalue weighted by molar-refractivity contribution is -0.127. The number of sulfonamides is 1. The molecule has 2 aromatic rings. The van der Waals surface area contributed by atoms with Gasteiger partial charge in [-0.05, 0) is 36.4 Å². The zero-order valence-electron chi connectivity index (χ0n) is 13.6. The smallest absolute Gasteiger partial charge is 0.246 e. The van der Waals surface area contributed by atoms with Crippen molar-refractivity contribution < 1.29 is 26.4 Å². The minimum atomic E-state index is -3.94. The Bertz CT molecular complexity index is 918. The molecule has 0 radical (unpaired) electrons. The van der Waals surface area contributed by atoms with Gasteiger partial charge in [-0.3, -0.25) is 4.79 Å². The summed E-state index contributed by atoms with van der Waals surface area (Å²) in [6.45, 7) is 0.539. The van der Waals surface area contributed by atoms with Crippen LogP contribution in [0, 0.1) is 11.6 Å². The second-order valence-electron chi connectivity index (χ2n) is 5.65. The average molecular weight is 382 g/mol. The summed E-state index contributed by atoms with van der Waals surface area (Å²) in [4.78, 5) is 13.3. The Labute approximate surface area is 149 Å². The van der Waals surface area contributed by atoms with Crippen molar-refractivity contribution in [3.05, 3.63) is 60.1 Å². The molecule has 1 saturated heterocycles. The Morgan fingerprint density at radius 3 is 2.42 bits per heavy atom. The highest BCUT2D eigenvalue weighted by Gasteiger charge is 2.30. The number of carbonyl (C=O) groups is 1. The average Bonchev–Trinajstić information content (AvgIpc) is 3.15. The number of amides is 1. The summed E-state index contributed by atoms with van der Waals surface area (Å²) in [5.41, 5.74) is 0. The van der Waals surface area contributed by atoms with Crippen molar-refractivity contribution in [2.24, 2.45) is 0 Å². The van der Waals surface area contributed by atoms with E-state index in [2.05, 4.69) is 0 Å². The zero-order chi connectivity index (χ0) is 18.7. The van der Waals surface area contributed by atoms with E-state index >= 15 is 0 Å². The lowest BCUT2D eigenvalue weighted by Gasteiger charge is -2.33. The van der Waals surface area contributed by atoms with Crippen molar-refractivity contribution in [2.75, 3.05) is 26.2 Å². The SMILES string of the molecule is O=C(C=Cc1ccco1)N1CCN(S(=O)(=O)c2ccc(F)c(F)c2)CC1. The summed E-state index contributed by atoms with van der Waals surface area (Å²) in [6.07, 6.45) is 4.39. The van der Waals surface area contributed by atoms with Gasteiger partial charge in [-0.25, -0.2) is 17.2 Å². The molecule has 26 heavy (non-hydrogen) atoms. The summed E-state index contributed by atoms with van der Waals surface area (Å²) in [7, 11) is -3.94. The molecule has 0 aliphatic carbocycles. The summed E-state index contributed by atoms with van der Waals surface area (Å²) >= 11 is 0. The lowest BCUT2D eigenvalue weighted by Crippen LogP contribution is -2.50. The van der Waals surface area contributed by atoms with Crippen LogP contribution in [0.15, 0.2) is 52.0 Å². The van der Waals surface area contributed by atoms with Gasteiger partial charge in [0.25, 0.3) is 0 Å². The van der Waals surface area contributed by atoms with Crippen LogP contribution in [0.3, 0.4) is 0 Å². The summed E-state index contributed by atoms with van der Waals surface area (Å²) in [6, 6.07) is 5.87. The molecule has 0 spiro atoms. The molecule has 1 aliphatic heterocycles. The molecule has 1 fully saturated rings. The van der Waals surface area contributed by atoms with E-state index in [1.54, 1.807) is 12.1 Å². The fraction of sp³-hybridized carbons (Fsp3) is 0.235. The maximum Gasteiger partial charge on any atom is 0.246 e. The van der Waals surface area contributed by atoms with Crippen LogP contribution in [0.5, 0.6) is 0 Å². The minimum Gasteiger partial charge on any atom is -0.465 e. The molecule has 1 aromatic heterocycles. The fourth-order valence-electron chi connectivity index (χ4n) is 2.58. The third kappa shape index (κ3) is 3.83. The highest BCUT2D eigenvalue weighted by molar-refractivity contribution is 7.89. The van der Waals surface area contributed by atoms with Gasteiger partial charge in [0.15, 0.2) is 11.6 Å². The Hall–Kier alpha value is -2.52. The third-order valence-electron chi connectivity index (χ3n) is 4.01. The maximum absolute atomic E-state index is 13.3. The number of hydrogen-bond acceptors (Lipinski definition) is 4. The molecule has 2 heterocycles. The van der Waals surface area contributed by atoms with E-state index in [0.29, 0.717) is 11.8 Å². The molecule has 0 bridgehead atoms. The highest BCUT2D eigenvalue weighted by atomic mass is 32.2. The molecule has 0 N–H and O–H groups in total. The zero-order valence-corrected chi connectivity index (χ0v) is 14.5. The van der Waals surface area contributed by atoms with Crippen LogP contribution in [0.1, 0.15) is 5.76 Å². The van der Waals surface area contributed by atoms with Gasteiger partial charge < -0.3 is 9.32 Å². The van der Waals surface area contributed by atoms with Gasteiger partial charge in [-0.1, -0.05) is 0 Å². The number of rotatable bonds is 4. The predicted octanol–water partition coefficient (Wildman–Crippen LogP) is 2.10. The summed E-state index contributed by atoms with van der Waals surface area (Å²) in [5, 5.41) is 0. The van der Waals surface area contributed by atoms with Gasteiger partial charge in [0.05, 0.1) is 11.2 Å². The number of piperazine rings is 1. The van der Waals surface area contributed by atoms with Crippen LogP contribution in [0.4, 0.5) is 8.78 Å². The largest absolute Gasteiger partial charge is 0.465 e. The molecule has 0 saturated carbocycles. The molecule has 6 nitrogen and oxygen atoms in total. The van der Waals surface area contributed by atoms with E-state index in [4.69, 9.17) is 4.42 Å². The quantitative estimate of drug-likeness (QED) is 0.760. The van der Waals surface area contributed by atoms with Gasteiger partial charge >= 0.3 is 0 Å². The number of halogens is 2. The van der Waals surface area contributed by atoms with Crippen LogP contribution in [-0.2, 0) is 14.8 Å². The molecule has 1 amide bonds. The van der Waals surface area contributed by atoms with Crippen LogP contribution in [-0.4, -0.2) is 49.7 Å². The van der Waals surface area contributed by atoms with Crippen molar-refractivity contribution in [2.45, 2.75) is 4.90 Å². The molecule has 1 aliphatic rings. The second kappa shape index (κ2) is 7.38. The first kappa shape index (κ1) is 18.3. The first-order valence-corrected chi connectivity index (χ1v) is 9.27. The number of nitrogens with zero attached hydrogens (tertiary/aromatic N) is 2. The van der Waals surface area contributed by atoms with Crippen molar-refractivity contribution in [3.8, 4) is 0 Å². The van der Waals surface area contributed by atoms with E-state index in [9.17, 15) is 22.0 Å². The number of carbonyl (C=O) groups excluding carboxylic acids is 1. The Kier molecular flexibility index (Phi) is 5.19. The summed E-state index contributed by atoms with van der Waals surface area (Å²) < 4.78 is 57.6. The Morgan fingerprint density at radius 2 is 1.81 bits per heavy atom. The first-order chi connectivity index (χ1) is 12.4. The normalized spacial score (nSPS) is 16.3. The number of hydrogen-bond donors (Lipinski definition) is 0. The second-order valence-corrected chi connectivity index (χ2v) is 7.59. The van der Waals surface area contributed by atoms with E-state index in [1.807, 2.05) is 0 Å². The predicted molar refractivity (Wildman–Crippen MR) is 89.4 cm³/mol. The van der Waals surface area contributed by atoms with E-state index in [0.717, 1.165) is 16.4 Å². The maximum atomic E-state index is 13.3. The minimum absolute atomic E-state index is 0.0711. The fourth-order valence-corrected chi connectivity index (χ4v) is 4.01. The number of benzene rings is 1. The molecular weight excluding hydrogens is 366 g/mol. The van der Waals surface area contributed by atoms with Gasteiger partial charge in [-0.15, -0.1) is 0 Å². The van der Waals surface area contributed by atoms with Crippen LogP contribution in [0.2, 0.25) is 0 Å². The van der Waals surface area contributed by atoms with E-state index in [-0.39, 0.29) is 37.0 Å². The molecule has 9 heteroatoms.